The molecule has 0 aromatic heterocycles. The van der Waals surface area contributed by atoms with Gasteiger partial charge in [0.25, 0.3) is 11.8 Å². The van der Waals surface area contributed by atoms with E-state index in [0.717, 1.165) is 23.1 Å². The van der Waals surface area contributed by atoms with Crippen LogP contribution in [-0.4, -0.2) is 35.0 Å². The molecule has 5 nitrogen and oxygen atoms in total. The van der Waals surface area contributed by atoms with Gasteiger partial charge in [-0.25, -0.2) is 0 Å². The van der Waals surface area contributed by atoms with Gasteiger partial charge < -0.3 is 10.4 Å². The lowest BCUT2D eigenvalue weighted by atomic mass is 10.1. The van der Waals surface area contributed by atoms with Crippen LogP contribution in [-0.2, 0) is 15.8 Å². The molecular weight excluding hydrogens is 369 g/mol. The highest BCUT2D eigenvalue weighted by Gasteiger charge is 2.36. The van der Waals surface area contributed by atoms with E-state index in [1.165, 1.54) is 6.07 Å². The number of aliphatic hydroxyl groups excluding tert-OH is 1. The molecule has 1 aromatic rings. The molecule has 1 aliphatic heterocycles. The molecule has 0 atom stereocenters. The third kappa shape index (κ3) is 3.30. The predicted molar refractivity (Wildman–Crippen MR) is 74.7 cm³/mol. The van der Waals surface area contributed by atoms with Gasteiger partial charge in [-0.2, -0.15) is 13.2 Å². The van der Waals surface area contributed by atoms with E-state index in [4.69, 9.17) is 5.11 Å². The first-order valence-electron chi connectivity index (χ1n) is 6.06. The van der Waals surface area contributed by atoms with Crippen LogP contribution in [0.1, 0.15) is 5.56 Å². The topological polar surface area (TPSA) is 69.6 Å². The van der Waals surface area contributed by atoms with E-state index in [1.54, 1.807) is 0 Å². The maximum atomic E-state index is 13.0. The summed E-state index contributed by atoms with van der Waals surface area (Å²) in [6.45, 7) is -0.642. The minimum atomic E-state index is -4.62. The van der Waals surface area contributed by atoms with Gasteiger partial charge in [0.05, 0.1) is 24.4 Å². The Labute approximate surface area is 131 Å². The minimum Gasteiger partial charge on any atom is -0.395 e. The number of carbonyl (C=O) groups excluding carboxylic acids is 2. The van der Waals surface area contributed by atoms with Gasteiger partial charge in [0.2, 0.25) is 0 Å². The number of anilines is 1. The number of imide groups is 1. The van der Waals surface area contributed by atoms with Gasteiger partial charge in [-0.1, -0.05) is 15.9 Å². The number of benzene rings is 1. The van der Waals surface area contributed by atoms with Gasteiger partial charge in [-0.05, 0) is 18.2 Å². The van der Waals surface area contributed by atoms with E-state index >= 15 is 0 Å². The van der Waals surface area contributed by atoms with Crippen LogP contribution in [0.25, 0.3) is 0 Å². The lowest BCUT2D eigenvalue weighted by Crippen LogP contribution is -2.34. The molecule has 118 valence electrons. The number of nitrogens with one attached hydrogen (secondary N) is 1. The smallest absolute Gasteiger partial charge is 0.395 e. The average molecular weight is 379 g/mol. The van der Waals surface area contributed by atoms with Gasteiger partial charge in [0.1, 0.15) is 5.70 Å². The van der Waals surface area contributed by atoms with Crippen molar-refractivity contribution in [2.24, 2.45) is 0 Å². The maximum Gasteiger partial charge on any atom is 0.418 e. The van der Waals surface area contributed by atoms with Crippen LogP contribution in [0.5, 0.6) is 0 Å². The van der Waals surface area contributed by atoms with Crippen LogP contribution in [0.4, 0.5) is 18.9 Å². The van der Waals surface area contributed by atoms with Crippen LogP contribution in [0.3, 0.4) is 0 Å². The highest BCUT2D eigenvalue weighted by molar-refractivity contribution is 9.10. The second-order valence-electron chi connectivity index (χ2n) is 4.39. The number of nitrogens with zero attached hydrogens (tertiary/aromatic N) is 1. The Morgan fingerprint density at radius 2 is 1.95 bits per heavy atom. The molecular formula is C13H10BrF3N2O3. The molecule has 9 heteroatoms. The van der Waals surface area contributed by atoms with Crippen LogP contribution < -0.4 is 5.32 Å². The lowest BCUT2D eigenvalue weighted by Gasteiger charge is -2.16. The largest absolute Gasteiger partial charge is 0.418 e. The Bertz CT molecular complexity index is 658. The summed E-state index contributed by atoms with van der Waals surface area (Å²) in [6.07, 6.45) is -3.72. The highest BCUT2D eigenvalue weighted by Crippen LogP contribution is 2.37. The number of amides is 2. The molecule has 2 amide bonds. The normalized spacial score (nSPS) is 15.3. The van der Waals surface area contributed by atoms with Crippen LogP contribution in [0.15, 0.2) is 34.4 Å². The number of halogens is 4. The first-order chi connectivity index (χ1) is 10.2. The summed E-state index contributed by atoms with van der Waals surface area (Å²) >= 11 is 2.95. The summed E-state index contributed by atoms with van der Waals surface area (Å²) in [4.78, 5) is 24.2. The van der Waals surface area contributed by atoms with Crippen molar-refractivity contribution in [3.8, 4) is 0 Å². The second kappa shape index (κ2) is 6.09. The van der Waals surface area contributed by atoms with Crippen molar-refractivity contribution in [3.05, 3.63) is 40.0 Å². The standard InChI is InChI=1S/C13H10BrF3N2O3/c14-7-1-2-9(8(5-7)13(15,16)17)18-10-6-11(21)19(3-4-20)12(10)22/h1-2,5-6,18,20H,3-4H2. The molecule has 0 saturated heterocycles. The molecule has 1 aromatic carbocycles. The average Bonchev–Trinajstić information content (AvgIpc) is 2.68. The van der Waals surface area contributed by atoms with Crippen molar-refractivity contribution in [2.45, 2.75) is 6.18 Å². The molecule has 0 unspecified atom stereocenters. The van der Waals surface area contributed by atoms with Gasteiger partial charge in [-0.3, -0.25) is 14.5 Å². The number of β-amino-alcohol motifs (C(OH)–C–C–N with tert-alkyl or cyclic N) is 1. The number of hydrogen-bond acceptors (Lipinski definition) is 4. The number of rotatable bonds is 4. The SMILES string of the molecule is O=C1C=C(Nc2ccc(Br)cc2C(F)(F)F)C(=O)N1CCO. The fourth-order valence-corrected chi connectivity index (χ4v) is 2.28. The zero-order valence-electron chi connectivity index (χ0n) is 10.9. The second-order valence-corrected chi connectivity index (χ2v) is 5.30. The summed E-state index contributed by atoms with van der Waals surface area (Å²) in [6, 6.07) is 3.40. The number of hydrogen-bond donors (Lipinski definition) is 2. The lowest BCUT2D eigenvalue weighted by molar-refractivity contribution is -0.138. The van der Waals surface area contributed by atoms with Crippen LogP contribution >= 0.6 is 15.9 Å². The minimum absolute atomic E-state index is 0.216. The molecule has 2 rings (SSSR count). The number of alkyl halides is 3. The Hall–Kier alpha value is -1.87. The summed E-state index contributed by atoms with van der Waals surface area (Å²) in [5, 5.41) is 11.1. The Kier molecular flexibility index (Phi) is 4.57. The fourth-order valence-electron chi connectivity index (χ4n) is 1.91. The molecule has 0 fully saturated rings. The molecule has 0 spiro atoms. The summed E-state index contributed by atoms with van der Waals surface area (Å²) in [7, 11) is 0. The Balaban J connectivity index is 2.31. The predicted octanol–water partition coefficient (Wildman–Crippen LogP) is 2.12. The molecule has 1 aliphatic rings. The number of aliphatic hydroxyl groups is 1. The van der Waals surface area contributed by atoms with E-state index in [2.05, 4.69) is 21.2 Å². The van der Waals surface area contributed by atoms with E-state index in [1.807, 2.05) is 0 Å². The molecule has 2 N–H and O–H groups in total. The Morgan fingerprint density at radius 3 is 2.55 bits per heavy atom. The van der Waals surface area contributed by atoms with Crippen molar-refractivity contribution >= 4 is 33.4 Å². The first-order valence-corrected chi connectivity index (χ1v) is 6.85. The van der Waals surface area contributed by atoms with E-state index in [9.17, 15) is 22.8 Å². The van der Waals surface area contributed by atoms with E-state index < -0.39 is 30.2 Å². The molecule has 0 aliphatic carbocycles. The summed E-state index contributed by atoms with van der Waals surface area (Å²) < 4.78 is 39.2. The van der Waals surface area contributed by atoms with Crippen molar-refractivity contribution in [1.82, 2.24) is 4.90 Å². The van der Waals surface area contributed by atoms with Gasteiger partial charge in [-0.15, -0.1) is 0 Å². The van der Waals surface area contributed by atoms with Crippen molar-refractivity contribution in [1.29, 1.82) is 0 Å². The summed E-state index contributed by atoms with van der Waals surface area (Å²) in [5.74, 6) is -1.47. The van der Waals surface area contributed by atoms with Gasteiger partial charge in [0.15, 0.2) is 0 Å². The molecule has 0 saturated carbocycles. The fraction of sp³-hybridized carbons (Fsp3) is 0.231. The summed E-state index contributed by atoms with van der Waals surface area (Å²) in [5.41, 5.74) is -1.58. The molecule has 1 heterocycles. The van der Waals surface area contributed by atoms with Gasteiger partial charge in [0, 0.05) is 10.5 Å². The zero-order valence-corrected chi connectivity index (χ0v) is 12.5. The third-order valence-electron chi connectivity index (χ3n) is 2.89. The van der Waals surface area contributed by atoms with Crippen molar-refractivity contribution in [2.75, 3.05) is 18.5 Å². The zero-order chi connectivity index (χ0) is 16.5. The highest BCUT2D eigenvalue weighted by atomic mass is 79.9. The van der Waals surface area contributed by atoms with Crippen LogP contribution in [0, 0.1) is 0 Å². The van der Waals surface area contributed by atoms with E-state index in [0.29, 0.717) is 0 Å². The quantitative estimate of drug-likeness (QED) is 0.787. The maximum absolute atomic E-state index is 13.0. The molecule has 22 heavy (non-hydrogen) atoms. The van der Waals surface area contributed by atoms with E-state index in [-0.39, 0.29) is 22.4 Å². The molecule has 0 bridgehead atoms. The number of carbonyl (C=O) groups is 2. The Morgan fingerprint density at radius 1 is 1.27 bits per heavy atom. The third-order valence-corrected chi connectivity index (χ3v) is 3.38. The van der Waals surface area contributed by atoms with Crippen molar-refractivity contribution in [3.63, 3.8) is 0 Å². The molecule has 0 radical (unpaired) electrons. The van der Waals surface area contributed by atoms with Crippen molar-refractivity contribution < 1.29 is 27.9 Å². The van der Waals surface area contributed by atoms with Gasteiger partial charge >= 0.3 is 6.18 Å². The monoisotopic (exact) mass is 378 g/mol. The first kappa shape index (κ1) is 16.5. The van der Waals surface area contributed by atoms with Crippen LogP contribution in [0.2, 0.25) is 0 Å².